The molecule has 6 heteroatoms. The zero-order chi connectivity index (χ0) is 13.8. The molecule has 0 saturated heterocycles. The normalized spacial score (nSPS) is 10.4. The first-order chi connectivity index (χ1) is 9.13. The number of amides is 1. The second-order valence-electron chi connectivity index (χ2n) is 4.26. The summed E-state index contributed by atoms with van der Waals surface area (Å²) in [6.45, 7) is 4.19. The smallest absolute Gasteiger partial charge is 0.274 e. The summed E-state index contributed by atoms with van der Waals surface area (Å²) in [6, 6.07) is 3.89. The Bertz CT molecular complexity index is 590. The lowest BCUT2D eigenvalue weighted by molar-refractivity contribution is 0.0946. The molecule has 0 aliphatic rings. The zero-order valence-corrected chi connectivity index (χ0v) is 11.0. The second kappa shape index (κ2) is 5.51. The van der Waals surface area contributed by atoms with Crippen molar-refractivity contribution in [2.45, 2.75) is 26.8 Å². The monoisotopic (exact) mass is 259 g/mol. The molecule has 1 amide bonds. The van der Waals surface area contributed by atoms with Gasteiger partial charge in [-0.25, -0.2) is 0 Å². The van der Waals surface area contributed by atoms with Gasteiger partial charge in [0.2, 0.25) is 0 Å². The highest BCUT2D eigenvalue weighted by molar-refractivity contribution is 5.97. The molecule has 0 radical (unpaired) electrons. The van der Waals surface area contributed by atoms with Gasteiger partial charge in [0, 0.05) is 6.20 Å². The predicted molar refractivity (Wildman–Crippen MR) is 72.5 cm³/mol. The third-order valence-corrected chi connectivity index (χ3v) is 2.99. The van der Waals surface area contributed by atoms with Gasteiger partial charge < -0.3 is 11.1 Å². The standard InChI is InChI=1S/C13H17N5O/c1-3-9-5-4-6-15-10(9)7-16-13(19)12-11(14)8(2)17-18-12/h4-6H,3,7,14H2,1-2H3,(H,16,19)(H,17,18). The summed E-state index contributed by atoms with van der Waals surface area (Å²) < 4.78 is 0. The van der Waals surface area contributed by atoms with E-state index in [9.17, 15) is 4.79 Å². The average Bonchev–Trinajstić information content (AvgIpc) is 2.77. The minimum Gasteiger partial charge on any atom is -0.395 e. The number of nitrogens with two attached hydrogens (primary N) is 1. The van der Waals surface area contributed by atoms with Gasteiger partial charge in [-0.3, -0.25) is 14.9 Å². The molecule has 0 unspecified atom stereocenters. The largest absolute Gasteiger partial charge is 0.395 e. The number of carbonyl (C=O) groups excluding carboxylic acids is 1. The van der Waals surface area contributed by atoms with Gasteiger partial charge in [-0.05, 0) is 25.0 Å². The number of aromatic amines is 1. The van der Waals surface area contributed by atoms with Gasteiger partial charge in [-0.2, -0.15) is 5.10 Å². The Morgan fingerprint density at radius 2 is 2.32 bits per heavy atom. The highest BCUT2D eigenvalue weighted by atomic mass is 16.1. The number of anilines is 1. The molecule has 0 bridgehead atoms. The van der Waals surface area contributed by atoms with E-state index in [1.54, 1.807) is 13.1 Å². The Hall–Kier alpha value is -2.37. The van der Waals surface area contributed by atoms with Crippen molar-refractivity contribution in [3.05, 3.63) is 41.0 Å². The van der Waals surface area contributed by atoms with Crippen LogP contribution < -0.4 is 11.1 Å². The molecule has 0 atom stereocenters. The lowest BCUT2D eigenvalue weighted by Crippen LogP contribution is -2.25. The maximum absolute atomic E-state index is 12.0. The second-order valence-corrected chi connectivity index (χ2v) is 4.26. The van der Waals surface area contributed by atoms with Gasteiger partial charge in [0.1, 0.15) is 0 Å². The van der Waals surface area contributed by atoms with Crippen molar-refractivity contribution in [2.24, 2.45) is 0 Å². The summed E-state index contributed by atoms with van der Waals surface area (Å²) in [5.41, 5.74) is 9.05. The lowest BCUT2D eigenvalue weighted by Gasteiger charge is -2.07. The number of nitrogen functional groups attached to an aromatic ring is 1. The van der Waals surface area contributed by atoms with Crippen LogP contribution in [0.15, 0.2) is 18.3 Å². The van der Waals surface area contributed by atoms with E-state index in [0.717, 1.165) is 17.7 Å². The minimum atomic E-state index is -0.297. The fourth-order valence-electron chi connectivity index (χ4n) is 1.81. The molecular formula is C13H17N5O. The van der Waals surface area contributed by atoms with Crippen molar-refractivity contribution in [3.63, 3.8) is 0 Å². The van der Waals surface area contributed by atoms with Gasteiger partial charge in [-0.1, -0.05) is 13.0 Å². The van der Waals surface area contributed by atoms with E-state index < -0.39 is 0 Å². The maximum atomic E-state index is 12.0. The molecule has 4 N–H and O–H groups in total. The van der Waals surface area contributed by atoms with Crippen LogP contribution in [-0.4, -0.2) is 21.1 Å². The molecule has 2 aromatic rings. The molecule has 0 saturated carbocycles. The first-order valence-corrected chi connectivity index (χ1v) is 6.14. The fourth-order valence-corrected chi connectivity index (χ4v) is 1.81. The van der Waals surface area contributed by atoms with E-state index in [1.807, 2.05) is 12.1 Å². The maximum Gasteiger partial charge on any atom is 0.274 e. The van der Waals surface area contributed by atoms with Crippen molar-refractivity contribution < 1.29 is 4.79 Å². The van der Waals surface area contributed by atoms with Gasteiger partial charge in [0.15, 0.2) is 5.69 Å². The highest BCUT2D eigenvalue weighted by Crippen LogP contribution is 2.12. The molecule has 0 aliphatic carbocycles. The average molecular weight is 259 g/mol. The molecule has 0 spiro atoms. The summed E-state index contributed by atoms with van der Waals surface area (Å²) in [5, 5.41) is 9.35. The molecule has 0 fully saturated rings. The van der Waals surface area contributed by atoms with Crippen LogP contribution in [0.2, 0.25) is 0 Å². The third kappa shape index (κ3) is 2.73. The van der Waals surface area contributed by atoms with Crippen molar-refractivity contribution in [3.8, 4) is 0 Å². The van der Waals surface area contributed by atoms with Crippen LogP contribution in [-0.2, 0) is 13.0 Å². The van der Waals surface area contributed by atoms with Gasteiger partial charge in [0.25, 0.3) is 5.91 Å². The first kappa shape index (κ1) is 13.1. The van der Waals surface area contributed by atoms with E-state index >= 15 is 0 Å². The zero-order valence-electron chi connectivity index (χ0n) is 11.0. The van der Waals surface area contributed by atoms with Crippen LogP contribution in [0.5, 0.6) is 0 Å². The minimum absolute atomic E-state index is 0.228. The topological polar surface area (TPSA) is 96.7 Å². The number of hydrogen-bond donors (Lipinski definition) is 3. The number of H-pyrrole nitrogens is 1. The number of pyridine rings is 1. The summed E-state index contributed by atoms with van der Waals surface area (Å²) >= 11 is 0. The Labute approximate surface area is 111 Å². The molecule has 2 heterocycles. The Balaban J connectivity index is 2.07. The molecule has 0 aromatic carbocycles. The third-order valence-electron chi connectivity index (χ3n) is 2.99. The van der Waals surface area contributed by atoms with Crippen LogP contribution in [0, 0.1) is 6.92 Å². The molecule has 0 aliphatic heterocycles. The van der Waals surface area contributed by atoms with E-state index in [4.69, 9.17) is 5.73 Å². The highest BCUT2D eigenvalue weighted by Gasteiger charge is 2.15. The number of nitrogens with one attached hydrogen (secondary N) is 2. The number of nitrogens with zero attached hydrogens (tertiary/aromatic N) is 2. The van der Waals surface area contributed by atoms with Crippen molar-refractivity contribution in [1.82, 2.24) is 20.5 Å². The van der Waals surface area contributed by atoms with Crippen molar-refractivity contribution in [2.75, 3.05) is 5.73 Å². The van der Waals surface area contributed by atoms with Crippen LogP contribution in [0.25, 0.3) is 0 Å². The molecule has 19 heavy (non-hydrogen) atoms. The summed E-state index contributed by atoms with van der Waals surface area (Å²) in [4.78, 5) is 16.2. The van der Waals surface area contributed by atoms with E-state index in [0.29, 0.717) is 17.9 Å². The van der Waals surface area contributed by atoms with E-state index in [2.05, 4.69) is 27.4 Å². The molecule has 100 valence electrons. The first-order valence-electron chi connectivity index (χ1n) is 6.14. The quantitative estimate of drug-likeness (QED) is 0.768. The molecular weight excluding hydrogens is 242 g/mol. The molecule has 6 nitrogen and oxygen atoms in total. The van der Waals surface area contributed by atoms with Crippen LogP contribution in [0.4, 0.5) is 5.69 Å². The number of aromatic nitrogens is 3. The Kier molecular flexibility index (Phi) is 3.79. The predicted octanol–water partition coefficient (Wildman–Crippen LogP) is 1.19. The van der Waals surface area contributed by atoms with E-state index in [-0.39, 0.29) is 11.6 Å². The fraction of sp³-hybridized carbons (Fsp3) is 0.308. The van der Waals surface area contributed by atoms with Crippen molar-refractivity contribution >= 4 is 11.6 Å². The molecule has 2 rings (SSSR count). The van der Waals surface area contributed by atoms with Crippen LogP contribution >= 0.6 is 0 Å². The summed E-state index contributed by atoms with van der Waals surface area (Å²) in [6.07, 6.45) is 2.59. The van der Waals surface area contributed by atoms with Gasteiger partial charge in [0.05, 0.1) is 23.6 Å². The Morgan fingerprint density at radius 3 is 2.95 bits per heavy atom. The molecule has 2 aromatic heterocycles. The van der Waals surface area contributed by atoms with Crippen LogP contribution in [0.1, 0.15) is 34.4 Å². The summed E-state index contributed by atoms with van der Waals surface area (Å²) in [5.74, 6) is -0.297. The van der Waals surface area contributed by atoms with E-state index in [1.165, 1.54) is 0 Å². The van der Waals surface area contributed by atoms with Gasteiger partial charge >= 0.3 is 0 Å². The van der Waals surface area contributed by atoms with Crippen molar-refractivity contribution in [1.29, 1.82) is 0 Å². The lowest BCUT2D eigenvalue weighted by atomic mass is 10.1. The SMILES string of the molecule is CCc1cccnc1CNC(=O)c1n[nH]c(C)c1N. The van der Waals surface area contributed by atoms with Crippen LogP contribution in [0.3, 0.4) is 0 Å². The number of carbonyl (C=O) groups is 1. The Morgan fingerprint density at radius 1 is 1.53 bits per heavy atom. The number of hydrogen-bond acceptors (Lipinski definition) is 4. The number of rotatable bonds is 4. The number of aryl methyl sites for hydroxylation is 2. The summed E-state index contributed by atoms with van der Waals surface area (Å²) in [7, 11) is 0. The van der Waals surface area contributed by atoms with Gasteiger partial charge in [-0.15, -0.1) is 0 Å².